The Morgan fingerprint density at radius 3 is 2.76 bits per heavy atom. The third kappa shape index (κ3) is 3.63. The molecule has 0 aromatic carbocycles. The minimum Gasteiger partial charge on any atom is -0.466 e. The number of aryl methyl sites for hydroxylation is 1. The Morgan fingerprint density at radius 1 is 1.59 bits per heavy atom. The van der Waals surface area contributed by atoms with Crippen LogP contribution in [0, 0.1) is 6.92 Å². The summed E-state index contributed by atoms with van der Waals surface area (Å²) in [6.07, 6.45) is -2.99. The smallest absolute Gasteiger partial charge is 0.311 e. The molecule has 0 spiro atoms. The molecule has 17 heavy (non-hydrogen) atoms. The lowest BCUT2D eigenvalue weighted by atomic mass is 10.1. The number of pyridine rings is 1. The molecule has 6 heteroatoms. The van der Waals surface area contributed by atoms with Gasteiger partial charge in [-0.15, -0.1) is 0 Å². The molecule has 1 rings (SSSR count). The number of ether oxygens (including phenoxy) is 1. The van der Waals surface area contributed by atoms with Crippen molar-refractivity contribution in [1.82, 2.24) is 4.98 Å². The summed E-state index contributed by atoms with van der Waals surface area (Å²) in [5.74, 6) is -0.580. The molecule has 1 aromatic heterocycles. The van der Waals surface area contributed by atoms with E-state index in [1.807, 2.05) is 0 Å². The SMILES string of the molecule is CCOC(=O)Cc1nc(C)c(Cl)cc1C(F)F. The van der Waals surface area contributed by atoms with Crippen LogP contribution in [0.2, 0.25) is 5.02 Å². The number of halogens is 3. The molecule has 0 aliphatic rings. The Balaban J connectivity index is 3.04. The first kappa shape index (κ1) is 13.8. The van der Waals surface area contributed by atoms with Gasteiger partial charge in [0.1, 0.15) is 0 Å². The van der Waals surface area contributed by atoms with E-state index in [2.05, 4.69) is 4.98 Å². The number of carbonyl (C=O) groups is 1. The van der Waals surface area contributed by atoms with E-state index in [1.54, 1.807) is 13.8 Å². The zero-order chi connectivity index (χ0) is 13.0. The van der Waals surface area contributed by atoms with Gasteiger partial charge in [0.05, 0.1) is 29.4 Å². The maximum Gasteiger partial charge on any atom is 0.311 e. The number of alkyl halides is 2. The van der Waals surface area contributed by atoms with Gasteiger partial charge in [-0.05, 0) is 19.9 Å². The number of carbonyl (C=O) groups excluding carboxylic acids is 1. The second-order valence-corrected chi connectivity index (χ2v) is 3.78. The van der Waals surface area contributed by atoms with E-state index >= 15 is 0 Å². The molecule has 0 fully saturated rings. The lowest BCUT2D eigenvalue weighted by Gasteiger charge is -2.10. The molecule has 0 radical (unpaired) electrons. The number of hydrogen-bond acceptors (Lipinski definition) is 3. The van der Waals surface area contributed by atoms with Gasteiger partial charge in [0.15, 0.2) is 0 Å². The quantitative estimate of drug-likeness (QED) is 0.784. The van der Waals surface area contributed by atoms with E-state index in [1.165, 1.54) is 0 Å². The molecule has 0 atom stereocenters. The monoisotopic (exact) mass is 263 g/mol. The van der Waals surface area contributed by atoms with Crippen molar-refractivity contribution < 1.29 is 18.3 Å². The number of esters is 1. The van der Waals surface area contributed by atoms with E-state index in [0.29, 0.717) is 5.69 Å². The first-order valence-corrected chi connectivity index (χ1v) is 5.43. The number of nitrogens with zero attached hydrogens (tertiary/aromatic N) is 1. The fourth-order valence-corrected chi connectivity index (χ4v) is 1.48. The number of aromatic nitrogens is 1. The van der Waals surface area contributed by atoms with Gasteiger partial charge in [0.25, 0.3) is 6.43 Å². The van der Waals surface area contributed by atoms with Crippen molar-refractivity contribution in [1.29, 1.82) is 0 Å². The van der Waals surface area contributed by atoms with E-state index < -0.39 is 12.4 Å². The van der Waals surface area contributed by atoms with Crippen LogP contribution in [0.1, 0.15) is 30.3 Å². The highest BCUT2D eigenvalue weighted by Crippen LogP contribution is 2.26. The molecule has 0 aliphatic heterocycles. The van der Waals surface area contributed by atoms with Gasteiger partial charge in [-0.2, -0.15) is 0 Å². The fourth-order valence-electron chi connectivity index (χ4n) is 1.32. The highest BCUT2D eigenvalue weighted by molar-refractivity contribution is 6.31. The second kappa shape index (κ2) is 5.91. The molecule has 0 amide bonds. The normalized spacial score (nSPS) is 10.7. The summed E-state index contributed by atoms with van der Waals surface area (Å²) in [4.78, 5) is 15.1. The van der Waals surface area contributed by atoms with Crippen LogP contribution in [-0.2, 0) is 16.0 Å². The van der Waals surface area contributed by atoms with Gasteiger partial charge in [0.2, 0.25) is 0 Å². The van der Waals surface area contributed by atoms with Crippen LogP contribution in [0.3, 0.4) is 0 Å². The molecular formula is C11H12ClF2NO2. The van der Waals surface area contributed by atoms with Crippen molar-refractivity contribution >= 4 is 17.6 Å². The first-order chi connectivity index (χ1) is 7.95. The predicted molar refractivity (Wildman–Crippen MR) is 59.3 cm³/mol. The zero-order valence-electron chi connectivity index (χ0n) is 9.47. The van der Waals surface area contributed by atoms with E-state index in [9.17, 15) is 13.6 Å². The van der Waals surface area contributed by atoms with Crippen molar-refractivity contribution in [2.24, 2.45) is 0 Å². The second-order valence-electron chi connectivity index (χ2n) is 3.37. The van der Waals surface area contributed by atoms with Gasteiger partial charge in [0, 0.05) is 5.56 Å². The first-order valence-electron chi connectivity index (χ1n) is 5.05. The predicted octanol–water partition coefficient (Wildman–Crippen LogP) is 3.09. The Labute approximate surface area is 103 Å². The Kier molecular flexibility index (Phi) is 4.81. The van der Waals surface area contributed by atoms with E-state index in [0.717, 1.165) is 6.07 Å². The maximum atomic E-state index is 12.7. The third-order valence-corrected chi connectivity index (χ3v) is 2.50. The maximum absolute atomic E-state index is 12.7. The lowest BCUT2D eigenvalue weighted by molar-refractivity contribution is -0.142. The summed E-state index contributed by atoms with van der Waals surface area (Å²) in [6, 6.07) is 1.14. The molecule has 3 nitrogen and oxygen atoms in total. The summed E-state index contributed by atoms with van der Waals surface area (Å²) < 4.78 is 30.1. The Hall–Kier alpha value is -1.23. The van der Waals surface area contributed by atoms with Crippen molar-refractivity contribution in [3.8, 4) is 0 Å². The zero-order valence-corrected chi connectivity index (χ0v) is 10.2. The standard InChI is InChI=1S/C11H12ClF2NO2/c1-3-17-10(16)5-9-7(11(13)14)4-8(12)6(2)15-9/h4,11H,3,5H2,1-2H3. The minimum absolute atomic E-state index is 0.0142. The Bertz CT molecular complexity index is 424. The van der Waals surface area contributed by atoms with Crippen LogP contribution in [0.5, 0.6) is 0 Å². The molecule has 0 saturated carbocycles. The van der Waals surface area contributed by atoms with Gasteiger partial charge in [-0.25, -0.2) is 8.78 Å². The topological polar surface area (TPSA) is 39.2 Å². The van der Waals surface area contributed by atoms with Crippen LogP contribution < -0.4 is 0 Å². The highest BCUT2D eigenvalue weighted by atomic mass is 35.5. The highest BCUT2D eigenvalue weighted by Gasteiger charge is 2.19. The van der Waals surface area contributed by atoms with Crippen molar-refractivity contribution in [2.75, 3.05) is 6.61 Å². The minimum atomic E-state index is -2.72. The van der Waals surface area contributed by atoms with E-state index in [-0.39, 0.29) is 29.3 Å². The number of hydrogen-bond donors (Lipinski definition) is 0. The van der Waals surface area contributed by atoms with Gasteiger partial charge >= 0.3 is 5.97 Å². The Morgan fingerprint density at radius 2 is 2.24 bits per heavy atom. The summed E-state index contributed by atoms with van der Waals surface area (Å²) in [6.45, 7) is 3.44. The van der Waals surface area contributed by atoms with Crippen LogP contribution in [0.15, 0.2) is 6.07 Å². The van der Waals surface area contributed by atoms with Gasteiger partial charge in [-0.3, -0.25) is 9.78 Å². The third-order valence-electron chi connectivity index (χ3n) is 2.12. The van der Waals surface area contributed by atoms with Crippen LogP contribution in [0.4, 0.5) is 8.78 Å². The average Bonchev–Trinajstić information content (AvgIpc) is 2.23. The molecule has 0 bridgehead atoms. The summed E-state index contributed by atoms with van der Waals surface area (Å²) in [5, 5.41) is 0.160. The largest absolute Gasteiger partial charge is 0.466 e. The average molecular weight is 264 g/mol. The lowest BCUT2D eigenvalue weighted by Crippen LogP contribution is -2.12. The molecule has 0 aliphatic carbocycles. The molecule has 1 heterocycles. The van der Waals surface area contributed by atoms with Crippen LogP contribution in [0.25, 0.3) is 0 Å². The van der Waals surface area contributed by atoms with Crippen molar-refractivity contribution in [3.05, 3.63) is 28.0 Å². The molecule has 0 unspecified atom stereocenters. The molecule has 1 aromatic rings. The summed E-state index contributed by atoms with van der Waals surface area (Å²) in [5.41, 5.74) is 0.101. The molecule has 0 saturated heterocycles. The van der Waals surface area contributed by atoms with Crippen LogP contribution >= 0.6 is 11.6 Å². The van der Waals surface area contributed by atoms with Gasteiger partial charge in [-0.1, -0.05) is 11.6 Å². The van der Waals surface area contributed by atoms with Crippen molar-refractivity contribution in [2.45, 2.75) is 26.7 Å². The van der Waals surface area contributed by atoms with Crippen molar-refractivity contribution in [3.63, 3.8) is 0 Å². The summed E-state index contributed by atoms with van der Waals surface area (Å²) >= 11 is 5.72. The van der Waals surface area contributed by atoms with Crippen LogP contribution in [-0.4, -0.2) is 17.6 Å². The molecule has 94 valence electrons. The number of rotatable bonds is 4. The van der Waals surface area contributed by atoms with E-state index in [4.69, 9.17) is 16.3 Å². The molecule has 0 N–H and O–H groups in total. The molecular weight excluding hydrogens is 252 g/mol. The summed E-state index contributed by atoms with van der Waals surface area (Å²) in [7, 11) is 0. The van der Waals surface area contributed by atoms with Gasteiger partial charge < -0.3 is 4.74 Å². The fraction of sp³-hybridized carbons (Fsp3) is 0.455.